The van der Waals surface area contributed by atoms with Crippen LogP contribution in [0.5, 0.6) is 5.75 Å². The standard InChI is InChI=1S/C25H21F3N6O3/c1-29-13-20-30-11-12-32(20)15-3-5-16(6-4-15)33-14-19(35)21-22(24(33)36)34(31-23(21)25(26,27)28)17-7-9-18(37-2)10-8-17/h3-12,29H,13-14H2,1-2H3. The number of carbonyl (C=O) groups is 2. The Morgan fingerprint density at radius 3 is 2.27 bits per heavy atom. The number of hydrogen-bond acceptors (Lipinski definition) is 6. The van der Waals surface area contributed by atoms with E-state index in [0.717, 1.165) is 21.1 Å². The number of nitrogens with one attached hydrogen (secondary N) is 1. The molecule has 4 aromatic rings. The van der Waals surface area contributed by atoms with E-state index in [0.29, 0.717) is 18.0 Å². The molecule has 1 N–H and O–H groups in total. The SMILES string of the molecule is CNCc1nccn1-c1ccc(N2CC(=O)c3c(C(F)(F)F)nn(-c4ccc(OC)cc4)c3C2=O)cc1. The van der Waals surface area contributed by atoms with Gasteiger partial charge in [-0.2, -0.15) is 18.3 Å². The number of carbonyl (C=O) groups excluding carboxylic acids is 2. The van der Waals surface area contributed by atoms with Crippen LogP contribution in [0.25, 0.3) is 11.4 Å². The molecule has 0 saturated heterocycles. The number of amides is 1. The second-order valence-electron chi connectivity index (χ2n) is 8.25. The van der Waals surface area contributed by atoms with E-state index in [2.05, 4.69) is 15.4 Å². The number of imidazole rings is 1. The third-order valence-electron chi connectivity index (χ3n) is 5.99. The molecule has 37 heavy (non-hydrogen) atoms. The highest BCUT2D eigenvalue weighted by Gasteiger charge is 2.46. The number of alkyl halides is 3. The molecule has 0 unspecified atom stereocenters. The summed E-state index contributed by atoms with van der Waals surface area (Å²) in [5.41, 5.74) is -1.24. The first-order valence-corrected chi connectivity index (χ1v) is 11.2. The van der Waals surface area contributed by atoms with Gasteiger partial charge in [-0.3, -0.25) is 14.5 Å². The predicted molar refractivity (Wildman–Crippen MR) is 127 cm³/mol. The summed E-state index contributed by atoms with van der Waals surface area (Å²) in [6.07, 6.45) is -1.47. The number of nitrogens with zero attached hydrogens (tertiary/aromatic N) is 5. The average Bonchev–Trinajstić information content (AvgIpc) is 3.52. The first-order valence-electron chi connectivity index (χ1n) is 11.2. The molecule has 2 aromatic carbocycles. The highest BCUT2D eigenvalue weighted by Crippen LogP contribution is 2.37. The van der Waals surface area contributed by atoms with Crippen LogP contribution in [0.2, 0.25) is 0 Å². The van der Waals surface area contributed by atoms with E-state index in [-0.39, 0.29) is 5.69 Å². The average molecular weight is 510 g/mol. The molecule has 1 aliphatic rings. The molecule has 0 spiro atoms. The van der Waals surface area contributed by atoms with Crippen molar-refractivity contribution in [3.8, 4) is 17.1 Å². The van der Waals surface area contributed by atoms with Crippen LogP contribution >= 0.6 is 0 Å². The fourth-order valence-corrected chi connectivity index (χ4v) is 4.27. The number of ether oxygens (including phenoxy) is 1. The van der Waals surface area contributed by atoms with Crippen LogP contribution in [0.1, 0.15) is 32.4 Å². The summed E-state index contributed by atoms with van der Waals surface area (Å²) < 4.78 is 49.3. The molecule has 0 atom stereocenters. The Morgan fingerprint density at radius 2 is 1.65 bits per heavy atom. The van der Waals surface area contributed by atoms with Crippen molar-refractivity contribution in [3.05, 3.63) is 83.7 Å². The van der Waals surface area contributed by atoms with Crippen molar-refractivity contribution >= 4 is 17.4 Å². The highest BCUT2D eigenvalue weighted by molar-refractivity contribution is 6.21. The molecule has 0 radical (unpaired) electrons. The van der Waals surface area contributed by atoms with E-state index in [9.17, 15) is 22.8 Å². The quantitative estimate of drug-likeness (QED) is 0.426. The van der Waals surface area contributed by atoms with Crippen LogP contribution in [-0.2, 0) is 12.7 Å². The van der Waals surface area contributed by atoms with Crippen LogP contribution < -0.4 is 15.0 Å². The second kappa shape index (κ2) is 9.21. The molecule has 9 nitrogen and oxygen atoms in total. The van der Waals surface area contributed by atoms with E-state index in [1.807, 2.05) is 4.57 Å². The van der Waals surface area contributed by atoms with Gasteiger partial charge >= 0.3 is 6.18 Å². The lowest BCUT2D eigenvalue weighted by Crippen LogP contribution is -2.42. The van der Waals surface area contributed by atoms with Crippen LogP contribution in [0.3, 0.4) is 0 Å². The van der Waals surface area contributed by atoms with Gasteiger partial charge in [0.25, 0.3) is 5.91 Å². The van der Waals surface area contributed by atoms with Crippen molar-refractivity contribution in [2.45, 2.75) is 12.7 Å². The fourth-order valence-electron chi connectivity index (χ4n) is 4.27. The first kappa shape index (κ1) is 24.3. The van der Waals surface area contributed by atoms with Gasteiger partial charge in [0.15, 0.2) is 11.5 Å². The summed E-state index contributed by atoms with van der Waals surface area (Å²) in [5.74, 6) is -0.371. The number of rotatable bonds is 6. The molecule has 2 aromatic heterocycles. The van der Waals surface area contributed by atoms with E-state index in [1.165, 1.54) is 31.4 Å². The fraction of sp³-hybridized carbons (Fsp3) is 0.200. The molecular weight excluding hydrogens is 489 g/mol. The molecule has 1 aliphatic heterocycles. The Kier molecular flexibility index (Phi) is 6.04. The van der Waals surface area contributed by atoms with Crippen molar-refractivity contribution in [2.75, 3.05) is 25.6 Å². The summed E-state index contributed by atoms with van der Waals surface area (Å²) >= 11 is 0. The van der Waals surface area contributed by atoms with Crippen molar-refractivity contribution in [3.63, 3.8) is 0 Å². The van der Waals surface area contributed by atoms with Gasteiger partial charge in [-0.15, -0.1) is 0 Å². The Bertz CT molecular complexity index is 1470. The minimum atomic E-state index is -4.92. The van der Waals surface area contributed by atoms with E-state index in [4.69, 9.17) is 4.74 Å². The Hall–Kier alpha value is -4.45. The number of methoxy groups -OCH3 is 1. The van der Waals surface area contributed by atoms with Gasteiger partial charge in [-0.05, 0) is 55.6 Å². The zero-order valence-electron chi connectivity index (χ0n) is 19.8. The van der Waals surface area contributed by atoms with Crippen LogP contribution in [0.15, 0.2) is 60.9 Å². The zero-order chi connectivity index (χ0) is 26.3. The number of Topliss-reactive ketones (excluding diaryl/α,β-unsaturated/α-hetero) is 1. The molecule has 0 bridgehead atoms. The number of halogens is 3. The number of ketones is 1. The minimum absolute atomic E-state index is 0.183. The maximum Gasteiger partial charge on any atom is 0.435 e. The minimum Gasteiger partial charge on any atom is -0.497 e. The zero-order valence-corrected chi connectivity index (χ0v) is 19.8. The van der Waals surface area contributed by atoms with Crippen molar-refractivity contribution < 1.29 is 27.5 Å². The van der Waals surface area contributed by atoms with Crippen molar-refractivity contribution in [1.29, 1.82) is 0 Å². The van der Waals surface area contributed by atoms with Crippen molar-refractivity contribution in [2.24, 2.45) is 0 Å². The van der Waals surface area contributed by atoms with Gasteiger partial charge in [0.1, 0.15) is 17.3 Å². The number of aromatic nitrogens is 4. The Balaban J connectivity index is 1.56. The molecule has 0 saturated carbocycles. The summed E-state index contributed by atoms with van der Waals surface area (Å²) in [5, 5.41) is 6.69. The number of anilines is 1. The highest BCUT2D eigenvalue weighted by atomic mass is 19.4. The van der Waals surface area contributed by atoms with E-state index in [1.54, 1.807) is 43.7 Å². The van der Waals surface area contributed by atoms with Crippen LogP contribution in [0, 0.1) is 0 Å². The summed E-state index contributed by atoms with van der Waals surface area (Å²) in [4.78, 5) is 32.0. The molecule has 5 rings (SSSR count). The lowest BCUT2D eigenvalue weighted by Gasteiger charge is -2.27. The number of benzene rings is 2. The molecule has 0 aliphatic carbocycles. The second-order valence-corrected chi connectivity index (χ2v) is 8.25. The monoisotopic (exact) mass is 510 g/mol. The maximum atomic E-state index is 13.8. The Morgan fingerprint density at radius 1 is 1.00 bits per heavy atom. The maximum absolute atomic E-state index is 13.8. The van der Waals surface area contributed by atoms with Crippen LogP contribution in [-0.4, -0.2) is 51.7 Å². The van der Waals surface area contributed by atoms with Gasteiger partial charge in [-0.25, -0.2) is 9.67 Å². The van der Waals surface area contributed by atoms with Gasteiger partial charge in [-0.1, -0.05) is 0 Å². The topological polar surface area (TPSA) is 94.3 Å². The van der Waals surface area contributed by atoms with Gasteiger partial charge in [0.2, 0.25) is 0 Å². The molecular formula is C25H21F3N6O3. The molecule has 3 heterocycles. The predicted octanol–water partition coefficient (Wildman–Crippen LogP) is 3.65. The van der Waals surface area contributed by atoms with Gasteiger partial charge < -0.3 is 14.6 Å². The lowest BCUT2D eigenvalue weighted by atomic mass is 10.0. The van der Waals surface area contributed by atoms with Crippen LogP contribution in [0.4, 0.5) is 18.9 Å². The van der Waals surface area contributed by atoms with Gasteiger partial charge in [0, 0.05) is 23.8 Å². The van der Waals surface area contributed by atoms with E-state index < -0.39 is 41.4 Å². The smallest absolute Gasteiger partial charge is 0.435 e. The third kappa shape index (κ3) is 4.25. The molecule has 12 heteroatoms. The van der Waals surface area contributed by atoms with Gasteiger partial charge in [0.05, 0.1) is 31.5 Å². The summed E-state index contributed by atoms with van der Waals surface area (Å²) in [6, 6.07) is 12.7. The Labute approximate surface area is 209 Å². The summed E-state index contributed by atoms with van der Waals surface area (Å²) in [7, 11) is 3.25. The number of fused-ring (bicyclic) bond motifs is 1. The third-order valence-corrected chi connectivity index (χ3v) is 5.99. The normalized spacial score (nSPS) is 13.7. The number of hydrogen-bond donors (Lipinski definition) is 1. The van der Waals surface area contributed by atoms with Crippen molar-refractivity contribution in [1.82, 2.24) is 24.6 Å². The molecule has 190 valence electrons. The summed E-state index contributed by atoms with van der Waals surface area (Å²) in [6.45, 7) is -0.00776. The van der Waals surface area contributed by atoms with E-state index >= 15 is 0 Å². The first-order chi connectivity index (χ1) is 17.7. The molecule has 1 amide bonds. The largest absolute Gasteiger partial charge is 0.497 e. The molecule has 0 fully saturated rings. The lowest BCUT2D eigenvalue weighted by molar-refractivity contribution is -0.141.